The van der Waals surface area contributed by atoms with Crippen LogP contribution in [0.4, 0.5) is 0 Å². The van der Waals surface area contributed by atoms with Crippen molar-refractivity contribution in [3.63, 3.8) is 0 Å². The lowest BCUT2D eigenvalue weighted by atomic mass is 10.2. The maximum atomic E-state index is 12.9. The zero-order valence-corrected chi connectivity index (χ0v) is 13.4. The Morgan fingerprint density at radius 1 is 1.38 bits per heavy atom. The van der Waals surface area contributed by atoms with Crippen molar-refractivity contribution >= 4 is 10.0 Å². The fraction of sp³-hybridized carbons (Fsp3) is 0.571. The van der Waals surface area contributed by atoms with E-state index in [2.05, 4.69) is 4.90 Å². The molecule has 21 heavy (non-hydrogen) atoms. The van der Waals surface area contributed by atoms with Crippen LogP contribution in [-0.4, -0.2) is 62.6 Å². The Balaban J connectivity index is 2.43. The first kappa shape index (κ1) is 16.2. The normalized spacial score (nSPS) is 21.4. The number of sulfonamides is 1. The number of benzene rings is 1. The lowest BCUT2D eigenvalue weighted by molar-refractivity contribution is 0.170. The molecule has 1 aromatic carbocycles. The third-order valence-electron chi connectivity index (χ3n) is 3.77. The van der Waals surface area contributed by atoms with Crippen molar-refractivity contribution in [2.75, 3.05) is 33.8 Å². The van der Waals surface area contributed by atoms with Crippen molar-refractivity contribution in [3.8, 4) is 5.75 Å². The van der Waals surface area contributed by atoms with Gasteiger partial charge in [-0.05, 0) is 31.7 Å². The molecule has 1 fully saturated rings. The summed E-state index contributed by atoms with van der Waals surface area (Å²) in [5, 5.41) is 9.23. The number of piperazine rings is 1. The molecule has 0 saturated carbocycles. The maximum Gasteiger partial charge on any atom is 0.247 e. The van der Waals surface area contributed by atoms with E-state index in [0.717, 1.165) is 0 Å². The van der Waals surface area contributed by atoms with Gasteiger partial charge in [-0.3, -0.25) is 0 Å². The van der Waals surface area contributed by atoms with Gasteiger partial charge in [0.1, 0.15) is 10.6 Å². The van der Waals surface area contributed by atoms with E-state index >= 15 is 0 Å². The maximum absolute atomic E-state index is 12.9. The summed E-state index contributed by atoms with van der Waals surface area (Å²) in [6, 6.07) is 4.63. The van der Waals surface area contributed by atoms with Crippen LogP contribution in [0, 0.1) is 0 Å². The number of aliphatic hydroxyl groups is 1. The van der Waals surface area contributed by atoms with E-state index in [1.165, 1.54) is 17.5 Å². The average Bonchev–Trinajstić information content (AvgIpc) is 2.46. The number of aliphatic hydroxyl groups excluding tert-OH is 1. The summed E-state index contributed by atoms with van der Waals surface area (Å²) in [6.07, 6.45) is 0. The van der Waals surface area contributed by atoms with Gasteiger partial charge in [-0.1, -0.05) is 6.07 Å². The lowest BCUT2D eigenvalue weighted by Gasteiger charge is -2.37. The van der Waals surface area contributed by atoms with E-state index in [1.807, 2.05) is 14.0 Å². The monoisotopic (exact) mass is 314 g/mol. The molecule has 0 spiro atoms. The summed E-state index contributed by atoms with van der Waals surface area (Å²) in [6.45, 7) is 3.54. The summed E-state index contributed by atoms with van der Waals surface area (Å²) < 4.78 is 32.5. The summed E-state index contributed by atoms with van der Waals surface area (Å²) >= 11 is 0. The Morgan fingerprint density at radius 2 is 2.10 bits per heavy atom. The molecule has 1 aliphatic heterocycles. The Bertz CT molecular complexity index is 603. The van der Waals surface area contributed by atoms with Gasteiger partial charge < -0.3 is 14.7 Å². The minimum atomic E-state index is -3.64. The standard InChI is InChI=1S/C14H22N2O4S/c1-11-9-15(2)6-7-16(11)21(18,19)14-8-12(10-17)4-5-13(14)20-3/h4-5,8,11,17H,6-7,9-10H2,1-3H3. The summed E-state index contributed by atoms with van der Waals surface area (Å²) in [4.78, 5) is 2.23. The zero-order chi connectivity index (χ0) is 15.6. The van der Waals surface area contributed by atoms with Crippen LogP contribution in [0.25, 0.3) is 0 Å². The van der Waals surface area contributed by atoms with Crippen LogP contribution in [-0.2, 0) is 16.6 Å². The molecular weight excluding hydrogens is 292 g/mol. The largest absolute Gasteiger partial charge is 0.495 e. The van der Waals surface area contributed by atoms with Gasteiger partial charge in [0.25, 0.3) is 0 Å². The fourth-order valence-corrected chi connectivity index (χ4v) is 4.45. The van der Waals surface area contributed by atoms with E-state index in [1.54, 1.807) is 12.1 Å². The minimum Gasteiger partial charge on any atom is -0.495 e. The van der Waals surface area contributed by atoms with Crippen molar-refractivity contribution in [1.82, 2.24) is 9.21 Å². The van der Waals surface area contributed by atoms with Gasteiger partial charge in [0.15, 0.2) is 0 Å². The fourth-order valence-electron chi connectivity index (χ4n) is 2.63. The second kappa shape index (κ2) is 6.31. The summed E-state index contributed by atoms with van der Waals surface area (Å²) in [5.41, 5.74) is 0.552. The predicted molar refractivity (Wildman–Crippen MR) is 79.8 cm³/mol. The smallest absolute Gasteiger partial charge is 0.247 e. The number of hydrogen-bond donors (Lipinski definition) is 1. The Kier molecular flexibility index (Phi) is 4.88. The number of nitrogens with zero attached hydrogens (tertiary/aromatic N) is 2. The first-order valence-electron chi connectivity index (χ1n) is 6.88. The van der Waals surface area contributed by atoms with E-state index in [0.29, 0.717) is 30.9 Å². The van der Waals surface area contributed by atoms with Gasteiger partial charge in [0.05, 0.1) is 13.7 Å². The quantitative estimate of drug-likeness (QED) is 0.877. The zero-order valence-electron chi connectivity index (χ0n) is 12.6. The van der Waals surface area contributed by atoms with Gasteiger partial charge in [0, 0.05) is 25.7 Å². The molecule has 2 rings (SSSR count). The van der Waals surface area contributed by atoms with Crippen LogP contribution in [0.3, 0.4) is 0 Å². The molecule has 0 aromatic heterocycles. The molecule has 1 N–H and O–H groups in total. The van der Waals surface area contributed by atoms with Crippen molar-refractivity contribution in [2.45, 2.75) is 24.5 Å². The predicted octanol–water partition coefficient (Wildman–Crippen LogP) is 0.512. The molecule has 1 aliphatic rings. The molecule has 0 amide bonds. The molecule has 7 heteroatoms. The molecule has 0 aliphatic carbocycles. The second-order valence-electron chi connectivity index (χ2n) is 5.37. The molecule has 1 heterocycles. The first-order valence-corrected chi connectivity index (χ1v) is 8.32. The molecular formula is C14H22N2O4S. The molecule has 6 nitrogen and oxygen atoms in total. The van der Waals surface area contributed by atoms with Crippen molar-refractivity contribution < 1.29 is 18.3 Å². The van der Waals surface area contributed by atoms with E-state index in [-0.39, 0.29) is 17.5 Å². The Hall–Kier alpha value is -1.15. The Labute approximate surface area is 126 Å². The molecule has 0 radical (unpaired) electrons. The number of methoxy groups -OCH3 is 1. The van der Waals surface area contributed by atoms with Crippen LogP contribution in [0.2, 0.25) is 0 Å². The molecule has 1 unspecified atom stereocenters. The highest BCUT2D eigenvalue weighted by molar-refractivity contribution is 7.89. The van der Waals surface area contributed by atoms with Gasteiger partial charge in [0.2, 0.25) is 10.0 Å². The highest BCUT2D eigenvalue weighted by Gasteiger charge is 2.34. The third-order valence-corrected chi connectivity index (χ3v) is 5.80. The van der Waals surface area contributed by atoms with E-state index in [9.17, 15) is 13.5 Å². The Morgan fingerprint density at radius 3 is 2.67 bits per heavy atom. The number of ether oxygens (including phenoxy) is 1. The minimum absolute atomic E-state index is 0.101. The van der Waals surface area contributed by atoms with Gasteiger partial charge in [-0.25, -0.2) is 8.42 Å². The molecule has 1 saturated heterocycles. The number of hydrogen-bond acceptors (Lipinski definition) is 5. The lowest BCUT2D eigenvalue weighted by Crippen LogP contribution is -2.52. The van der Waals surface area contributed by atoms with Crippen LogP contribution >= 0.6 is 0 Å². The SMILES string of the molecule is COc1ccc(CO)cc1S(=O)(=O)N1CCN(C)CC1C. The van der Waals surface area contributed by atoms with Crippen LogP contribution in [0.15, 0.2) is 23.1 Å². The second-order valence-corrected chi connectivity index (χ2v) is 7.23. The van der Waals surface area contributed by atoms with Crippen LogP contribution in [0.5, 0.6) is 5.75 Å². The molecule has 1 atom stereocenters. The topological polar surface area (TPSA) is 70.1 Å². The van der Waals surface area contributed by atoms with Gasteiger partial charge >= 0.3 is 0 Å². The average molecular weight is 314 g/mol. The highest BCUT2D eigenvalue weighted by atomic mass is 32.2. The van der Waals surface area contributed by atoms with Crippen molar-refractivity contribution in [2.24, 2.45) is 0 Å². The van der Waals surface area contributed by atoms with Crippen molar-refractivity contribution in [1.29, 1.82) is 0 Å². The summed E-state index contributed by atoms with van der Waals surface area (Å²) in [5.74, 6) is 0.304. The molecule has 118 valence electrons. The van der Waals surface area contributed by atoms with Gasteiger partial charge in [-0.2, -0.15) is 4.31 Å². The molecule has 1 aromatic rings. The van der Waals surface area contributed by atoms with Crippen LogP contribution in [0.1, 0.15) is 12.5 Å². The van der Waals surface area contributed by atoms with E-state index < -0.39 is 10.0 Å². The summed E-state index contributed by atoms with van der Waals surface area (Å²) in [7, 11) is -0.215. The molecule has 0 bridgehead atoms. The highest BCUT2D eigenvalue weighted by Crippen LogP contribution is 2.29. The van der Waals surface area contributed by atoms with Crippen molar-refractivity contribution in [3.05, 3.63) is 23.8 Å². The third kappa shape index (κ3) is 3.21. The number of likely N-dealkylation sites (N-methyl/N-ethyl adjacent to an activating group) is 1. The van der Waals surface area contributed by atoms with Crippen LogP contribution < -0.4 is 4.74 Å². The number of rotatable bonds is 4. The first-order chi connectivity index (χ1) is 9.90. The van der Waals surface area contributed by atoms with Gasteiger partial charge in [-0.15, -0.1) is 0 Å². The van der Waals surface area contributed by atoms with E-state index in [4.69, 9.17) is 4.74 Å².